The van der Waals surface area contributed by atoms with Gasteiger partial charge >= 0.3 is 0 Å². The van der Waals surface area contributed by atoms with Gasteiger partial charge in [0.15, 0.2) is 15.8 Å². The predicted octanol–water partition coefficient (Wildman–Crippen LogP) is 2.68. The first-order valence-electron chi connectivity index (χ1n) is 9.88. The van der Waals surface area contributed by atoms with Crippen molar-refractivity contribution in [2.24, 2.45) is 16.8 Å². The van der Waals surface area contributed by atoms with E-state index in [0.29, 0.717) is 30.7 Å². The number of piperidine rings is 1. The Hall–Kier alpha value is -1.82. The van der Waals surface area contributed by atoms with Gasteiger partial charge in [-0.2, -0.15) is 0 Å². The van der Waals surface area contributed by atoms with Gasteiger partial charge < -0.3 is 10.2 Å². The van der Waals surface area contributed by atoms with Crippen LogP contribution in [0.1, 0.15) is 31.2 Å². The van der Waals surface area contributed by atoms with Crippen molar-refractivity contribution in [3.8, 4) is 0 Å². The van der Waals surface area contributed by atoms with Crippen molar-refractivity contribution in [1.29, 1.82) is 0 Å². The predicted molar refractivity (Wildman–Crippen MR) is 112 cm³/mol. The molecule has 2 aliphatic rings. The van der Waals surface area contributed by atoms with Crippen LogP contribution in [0.5, 0.6) is 0 Å². The molecule has 2 aliphatic heterocycles. The molecule has 2 heterocycles. The highest BCUT2D eigenvalue weighted by Crippen LogP contribution is 2.32. The van der Waals surface area contributed by atoms with Gasteiger partial charge in [0.2, 0.25) is 0 Å². The molecule has 2 saturated heterocycles. The maximum atomic E-state index is 11.7. The van der Waals surface area contributed by atoms with Crippen LogP contribution in [-0.4, -0.2) is 57.0 Å². The van der Waals surface area contributed by atoms with Gasteiger partial charge in [-0.1, -0.05) is 43.3 Å². The van der Waals surface area contributed by atoms with Gasteiger partial charge in [-0.3, -0.25) is 4.99 Å². The number of likely N-dealkylation sites (tertiary alicyclic amines) is 1. The highest BCUT2D eigenvalue weighted by molar-refractivity contribution is 7.91. The fourth-order valence-electron chi connectivity index (χ4n) is 4.20. The molecule has 0 spiro atoms. The van der Waals surface area contributed by atoms with Crippen molar-refractivity contribution in [2.75, 3.05) is 37.7 Å². The van der Waals surface area contributed by atoms with Crippen LogP contribution in [0.25, 0.3) is 0 Å². The van der Waals surface area contributed by atoms with Gasteiger partial charge in [0.1, 0.15) is 0 Å². The SMILES string of the molecule is C=CCNC(=NCC1CCS(=O)(=O)C1)N1CCC(c2ccccc2)C(C)C1. The van der Waals surface area contributed by atoms with E-state index in [4.69, 9.17) is 4.99 Å². The maximum absolute atomic E-state index is 11.7. The fraction of sp³-hybridized carbons (Fsp3) is 0.571. The Morgan fingerprint density at radius 1 is 1.33 bits per heavy atom. The average molecular weight is 390 g/mol. The van der Waals surface area contributed by atoms with E-state index in [0.717, 1.165) is 31.9 Å². The zero-order chi connectivity index (χ0) is 19.3. The molecule has 1 aromatic rings. The first kappa shape index (κ1) is 19.9. The number of hydrogen-bond donors (Lipinski definition) is 1. The van der Waals surface area contributed by atoms with E-state index in [1.165, 1.54) is 5.56 Å². The summed E-state index contributed by atoms with van der Waals surface area (Å²) in [4.78, 5) is 7.10. The maximum Gasteiger partial charge on any atom is 0.194 e. The van der Waals surface area contributed by atoms with Gasteiger partial charge in [-0.05, 0) is 36.2 Å². The van der Waals surface area contributed by atoms with Gasteiger partial charge in [-0.15, -0.1) is 6.58 Å². The second kappa shape index (κ2) is 8.91. The van der Waals surface area contributed by atoms with E-state index in [9.17, 15) is 8.42 Å². The smallest absolute Gasteiger partial charge is 0.194 e. The largest absolute Gasteiger partial charge is 0.353 e. The molecule has 1 N–H and O–H groups in total. The lowest BCUT2D eigenvalue weighted by atomic mass is 9.82. The number of aliphatic imine (C=N–C) groups is 1. The molecule has 0 aliphatic carbocycles. The molecule has 0 radical (unpaired) electrons. The number of guanidine groups is 1. The molecule has 2 fully saturated rings. The summed E-state index contributed by atoms with van der Waals surface area (Å²) in [6, 6.07) is 10.7. The van der Waals surface area contributed by atoms with Crippen molar-refractivity contribution in [3.63, 3.8) is 0 Å². The number of benzene rings is 1. The van der Waals surface area contributed by atoms with Gasteiger partial charge in [-0.25, -0.2) is 8.42 Å². The summed E-state index contributed by atoms with van der Waals surface area (Å²) in [5.41, 5.74) is 1.42. The summed E-state index contributed by atoms with van der Waals surface area (Å²) in [5.74, 6) is 2.72. The summed E-state index contributed by atoms with van der Waals surface area (Å²) in [5, 5.41) is 3.37. The fourth-order valence-corrected chi connectivity index (χ4v) is 6.05. The van der Waals surface area contributed by atoms with Crippen molar-refractivity contribution in [3.05, 3.63) is 48.6 Å². The minimum atomic E-state index is -2.85. The molecule has 1 aromatic carbocycles. The topological polar surface area (TPSA) is 61.8 Å². The summed E-state index contributed by atoms with van der Waals surface area (Å²) < 4.78 is 23.4. The molecule has 0 amide bonds. The van der Waals surface area contributed by atoms with Crippen molar-refractivity contribution in [2.45, 2.75) is 25.7 Å². The molecule has 3 unspecified atom stereocenters. The monoisotopic (exact) mass is 389 g/mol. The number of nitrogens with one attached hydrogen (secondary N) is 1. The van der Waals surface area contributed by atoms with Crippen LogP contribution in [0, 0.1) is 11.8 Å². The van der Waals surface area contributed by atoms with E-state index >= 15 is 0 Å². The molecular formula is C21H31N3O2S. The number of sulfone groups is 1. The summed E-state index contributed by atoms with van der Waals surface area (Å²) in [6.07, 6.45) is 3.65. The zero-order valence-electron chi connectivity index (χ0n) is 16.2. The first-order valence-corrected chi connectivity index (χ1v) is 11.7. The Morgan fingerprint density at radius 2 is 2.11 bits per heavy atom. The lowest BCUT2D eigenvalue weighted by molar-refractivity contribution is 0.234. The Morgan fingerprint density at radius 3 is 2.74 bits per heavy atom. The van der Waals surface area contributed by atoms with Crippen molar-refractivity contribution < 1.29 is 8.42 Å². The minimum Gasteiger partial charge on any atom is -0.353 e. The Balaban J connectivity index is 1.65. The Labute approximate surface area is 163 Å². The lowest BCUT2D eigenvalue weighted by Gasteiger charge is -2.39. The third kappa shape index (κ3) is 5.34. The second-order valence-electron chi connectivity index (χ2n) is 7.83. The standard InChI is InChI=1S/C21H31N3O2S/c1-3-11-22-21(23-14-18-10-13-27(25,26)16-18)24-12-9-20(17(2)15-24)19-7-5-4-6-8-19/h3-8,17-18,20H,1,9-16H2,2H3,(H,22,23). The van der Waals surface area contributed by atoms with Crippen LogP contribution >= 0.6 is 0 Å². The Bertz CT molecular complexity index is 761. The number of rotatable bonds is 5. The minimum absolute atomic E-state index is 0.148. The summed E-state index contributed by atoms with van der Waals surface area (Å²) in [6.45, 7) is 9.23. The van der Waals surface area contributed by atoms with Crippen LogP contribution in [0.3, 0.4) is 0 Å². The molecule has 3 atom stereocenters. The Kier molecular flexibility index (Phi) is 6.58. The van der Waals surface area contributed by atoms with Crippen LogP contribution in [0.2, 0.25) is 0 Å². The second-order valence-corrected chi connectivity index (χ2v) is 10.1. The molecule has 3 rings (SSSR count). The van der Waals surface area contributed by atoms with E-state index in [-0.39, 0.29) is 11.7 Å². The van der Waals surface area contributed by atoms with E-state index in [1.807, 2.05) is 6.08 Å². The molecule has 5 nitrogen and oxygen atoms in total. The summed E-state index contributed by atoms with van der Waals surface area (Å²) >= 11 is 0. The third-order valence-corrected chi connectivity index (χ3v) is 7.50. The van der Waals surface area contributed by atoms with E-state index < -0.39 is 9.84 Å². The van der Waals surface area contributed by atoms with Gasteiger partial charge in [0, 0.05) is 26.2 Å². The molecule has 27 heavy (non-hydrogen) atoms. The van der Waals surface area contributed by atoms with Crippen molar-refractivity contribution >= 4 is 15.8 Å². The van der Waals surface area contributed by atoms with E-state index in [1.54, 1.807) is 0 Å². The quantitative estimate of drug-likeness (QED) is 0.478. The molecular weight excluding hydrogens is 358 g/mol. The normalized spacial score (nSPS) is 28.1. The molecule has 6 heteroatoms. The molecule has 0 aromatic heterocycles. The highest BCUT2D eigenvalue weighted by atomic mass is 32.2. The van der Waals surface area contributed by atoms with Gasteiger partial charge in [0.05, 0.1) is 11.5 Å². The number of nitrogens with zero attached hydrogens (tertiary/aromatic N) is 2. The van der Waals surface area contributed by atoms with E-state index in [2.05, 4.69) is 54.1 Å². The molecule has 0 bridgehead atoms. The van der Waals surface area contributed by atoms with Gasteiger partial charge in [0.25, 0.3) is 0 Å². The average Bonchev–Trinajstić information content (AvgIpc) is 3.01. The lowest BCUT2D eigenvalue weighted by Crippen LogP contribution is -2.48. The number of hydrogen-bond acceptors (Lipinski definition) is 3. The van der Waals surface area contributed by atoms with Crippen LogP contribution in [0.15, 0.2) is 48.0 Å². The van der Waals surface area contributed by atoms with Crippen LogP contribution in [0.4, 0.5) is 0 Å². The first-order chi connectivity index (χ1) is 13.0. The van der Waals surface area contributed by atoms with Crippen LogP contribution < -0.4 is 5.32 Å². The summed E-state index contributed by atoms with van der Waals surface area (Å²) in [7, 11) is -2.85. The van der Waals surface area contributed by atoms with Crippen LogP contribution in [-0.2, 0) is 9.84 Å². The molecule has 148 valence electrons. The highest BCUT2D eigenvalue weighted by Gasteiger charge is 2.30. The zero-order valence-corrected chi connectivity index (χ0v) is 17.0. The molecule has 0 saturated carbocycles. The van der Waals surface area contributed by atoms with Crippen molar-refractivity contribution in [1.82, 2.24) is 10.2 Å². The third-order valence-electron chi connectivity index (χ3n) is 5.66.